The predicted octanol–water partition coefficient (Wildman–Crippen LogP) is 2.74. The van der Waals surface area contributed by atoms with Gasteiger partial charge in [0.05, 0.1) is 0 Å². The number of para-hydroxylation sites is 1. The molecule has 2 aromatic rings. The van der Waals surface area contributed by atoms with E-state index in [1.807, 2.05) is 30.5 Å². The van der Waals surface area contributed by atoms with Crippen molar-refractivity contribution < 1.29 is 4.79 Å². The van der Waals surface area contributed by atoms with Crippen LogP contribution in [-0.4, -0.2) is 23.9 Å². The minimum atomic E-state index is 0.265. The van der Waals surface area contributed by atoms with Gasteiger partial charge in [-0.05, 0) is 37.9 Å². The van der Waals surface area contributed by atoms with Crippen LogP contribution in [0.3, 0.4) is 0 Å². The number of H-pyrrole nitrogens is 1. The van der Waals surface area contributed by atoms with Gasteiger partial charge in [0.2, 0.25) is 0 Å². The summed E-state index contributed by atoms with van der Waals surface area (Å²) in [6, 6.07) is 7.99. The average molecular weight is 242 g/mol. The van der Waals surface area contributed by atoms with Crippen molar-refractivity contribution in [1.82, 2.24) is 10.3 Å². The molecule has 0 spiro atoms. The van der Waals surface area contributed by atoms with Gasteiger partial charge in [0.15, 0.2) is 5.78 Å². The van der Waals surface area contributed by atoms with Crippen LogP contribution in [-0.2, 0) is 0 Å². The third-order valence-corrected chi connectivity index (χ3v) is 3.76. The molecule has 1 fully saturated rings. The summed E-state index contributed by atoms with van der Waals surface area (Å²) in [4.78, 5) is 15.5. The molecule has 1 aliphatic heterocycles. The lowest BCUT2D eigenvalue weighted by Gasteiger charge is -2.21. The molecular formula is C15H18N2O. The Morgan fingerprint density at radius 3 is 3.06 bits per heavy atom. The van der Waals surface area contributed by atoms with Crippen molar-refractivity contribution in [2.75, 3.05) is 13.1 Å². The second-order valence-corrected chi connectivity index (χ2v) is 5.09. The molecular weight excluding hydrogens is 224 g/mol. The van der Waals surface area contributed by atoms with Crippen molar-refractivity contribution in [1.29, 1.82) is 0 Å². The number of aromatic amines is 1. The second kappa shape index (κ2) is 4.94. The molecule has 0 bridgehead atoms. The molecule has 1 aromatic heterocycles. The molecule has 1 saturated heterocycles. The van der Waals surface area contributed by atoms with E-state index in [-0.39, 0.29) is 5.78 Å². The van der Waals surface area contributed by atoms with Gasteiger partial charge in [0, 0.05) is 29.1 Å². The van der Waals surface area contributed by atoms with Crippen molar-refractivity contribution in [3.8, 4) is 0 Å². The van der Waals surface area contributed by atoms with E-state index in [0.29, 0.717) is 12.3 Å². The monoisotopic (exact) mass is 242 g/mol. The van der Waals surface area contributed by atoms with Gasteiger partial charge in [-0.15, -0.1) is 0 Å². The highest BCUT2D eigenvalue weighted by atomic mass is 16.1. The van der Waals surface area contributed by atoms with Gasteiger partial charge in [-0.25, -0.2) is 0 Å². The topological polar surface area (TPSA) is 44.9 Å². The fraction of sp³-hybridized carbons (Fsp3) is 0.400. The number of hydrogen-bond acceptors (Lipinski definition) is 2. The highest BCUT2D eigenvalue weighted by molar-refractivity contribution is 6.07. The highest BCUT2D eigenvalue weighted by Gasteiger charge is 2.19. The van der Waals surface area contributed by atoms with Gasteiger partial charge >= 0.3 is 0 Å². The normalized spacial score (nSPS) is 20.1. The van der Waals surface area contributed by atoms with Crippen LogP contribution in [0.15, 0.2) is 30.5 Å². The first-order chi connectivity index (χ1) is 8.84. The highest BCUT2D eigenvalue weighted by Crippen LogP contribution is 2.22. The summed E-state index contributed by atoms with van der Waals surface area (Å²) < 4.78 is 0. The van der Waals surface area contributed by atoms with E-state index < -0.39 is 0 Å². The van der Waals surface area contributed by atoms with Crippen molar-refractivity contribution in [3.63, 3.8) is 0 Å². The lowest BCUT2D eigenvalue weighted by Crippen LogP contribution is -2.31. The Bertz CT molecular complexity index is 552. The van der Waals surface area contributed by atoms with Crippen LogP contribution < -0.4 is 5.32 Å². The van der Waals surface area contributed by atoms with Gasteiger partial charge in [-0.3, -0.25) is 4.79 Å². The number of aromatic nitrogens is 1. The molecule has 3 rings (SSSR count). The molecule has 2 N–H and O–H groups in total. The standard InChI is InChI=1S/C15H18N2O/c18-15(8-11-4-3-7-16-9-11)13-10-17-14-6-2-1-5-12(13)14/h1-2,5-6,10-11,16-17H,3-4,7-9H2. The van der Waals surface area contributed by atoms with Crippen molar-refractivity contribution >= 4 is 16.7 Å². The molecule has 94 valence electrons. The summed E-state index contributed by atoms with van der Waals surface area (Å²) >= 11 is 0. The molecule has 3 nitrogen and oxygen atoms in total. The van der Waals surface area contributed by atoms with Gasteiger partial charge in [0.25, 0.3) is 0 Å². The molecule has 3 heteroatoms. The Kier molecular flexibility index (Phi) is 3.15. The van der Waals surface area contributed by atoms with E-state index in [1.165, 1.54) is 12.8 Å². The number of carbonyl (C=O) groups excluding carboxylic acids is 1. The number of Topliss-reactive ketones (excluding diaryl/α,β-unsaturated/α-hetero) is 1. The summed E-state index contributed by atoms with van der Waals surface area (Å²) in [6.07, 6.45) is 4.87. The van der Waals surface area contributed by atoms with Crippen molar-refractivity contribution in [2.45, 2.75) is 19.3 Å². The fourth-order valence-corrected chi connectivity index (χ4v) is 2.77. The first kappa shape index (κ1) is 11.5. The number of benzene rings is 1. The molecule has 0 aliphatic carbocycles. The fourth-order valence-electron chi connectivity index (χ4n) is 2.77. The Morgan fingerprint density at radius 2 is 2.22 bits per heavy atom. The summed E-state index contributed by atoms with van der Waals surface area (Å²) in [6.45, 7) is 2.08. The lowest BCUT2D eigenvalue weighted by molar-refractivity contribution is 0.0955. The molecule has 1 atom stereocenters. The maximum atomic E-state index is 12.3. The number of piperidine rings is 1. The molecule has 1 unspecified atom stereocenters. The molecule has 0 amide bonds. The SMILES string of the molecule is O=C(CC1CCCNC1)c1c[nH]c2ccccc12. The number of carbonyl (C=O) groups is 1. The predicted molar refractivity (Wildman–Crippen MR) is 72.8 cm³/mol. The smallest absolute Gasteiger partial charge is 0.165 e. The third kappa shape index (κ3) is 2.18. The second-order valence-electron chi connectivity index (χ2n) is 5.09. The quantitative estimate of drug-likeness (QED) is 0.813. The average Bonchev–Trinajstić information content (AvgIpc) is 2.84. The lowest BCUT2D eigenvalue weighted by atomic mass is 9.92. The van der Waals surface area contributed by atoms with Gasteiger partial charge in [-0.1, -0.05) is 18.2 Å². The van der Waals surface area contributed by atoms with E-state index >= 15 is 0 Å². The van der Waals surface area contributed by atoms with Crippen LogP contribution in [0.25, 0.3) is 10.9 Å². The Morgan fingerprint density at radius 1 is 1.33 bits per heavy atom. The maximum Gasteiger partial charge on any atom is 0.165 e. The molecule has 18 heavy (non-hydrogen) atoms. The first-order valence-corrected chi connectivity index (χ1v) is 6.64. The Labute approximate surface area is 107 Å². The largest absolute Gasteiger partial charge is 0.360 e. The summed E-state index contributed by atoms with van der Waals surface area (Å²) in [7, 11) is 0. The summed E-state index contributed by atoms with van der Waals surface area (Å²) in [5, 5.41) is 4.41. The van der Waals surface area contributed by atoms with Crippen LogP contribution >= 0.6 is 0 Å². The maximum absolute atomic E-state index is 12.3. The number of ketones is 1. The van der Waals surface area contributed by atoms with E-state index in [9.17, 15) is 4.79 Å². The third-order valence-electron chi connectivity index (χ3n) is 3.76. The van der Waals surface area contributed by atoms with Crippen LogP contribution in [0.2, 0.25) is 0 Å². The van der Waals surface area contributed by atoms with E-state index in [2.05, 4.69) is 10.3 Å². The summed E-state index contributed by atoms with van der Waals surface area (Å²) in [5.41, 5.74) is 1.89. The Hall–Kier alpha value is -1.61. The molecule has 0 radical (unpaired) electrons. The summed E-state index contributed by atoms with van der Waals surface area (Å²) in [5.74, 6) is 0.765. The van der Waals surface area contributed by atoms with Gasteiger partial charge in [-0.2, -0.15) is 0 Å². The van der Waals surface area contributed by atoms with E-state index in [0.717, 1.165) is 29.6 Å². The number of fused-ring (bicyclic) bond motifs is 1. The molecule has 1 aromatic carbocycles. The van der Waals surface area contributed by atoms with Crippen molar-refractivity contribution in [3.05, 3.63) is 36.0 Å². The van der Waals surface area contributed by atoms with Crippen LogP contribution in [0.5, 0.6) is 0 Å². The number of rotatable bonds is 3. The van der Waals surface area contributed by atoms with Gasteiger partial charge < -0.3 is 10.3 Å². The first-order valence-electron chi connectivity index (χ1n) is 6.64. The van der Waals surface area contributed by atoms with E-state index in [4.69, 9.17) is 0 Å². The zero-order valence-corrected chi connectivity index (χ0v) is 10.4. The molecule has 1 aliphatic rings. The molecule has 2 heterocycles. The van der Waals surface area contributed by atoms with E-state index in [1.54, 1.807) is 0 Å². The molecule has 0 saturated carbocycles. The zero-order chi connectivity index (χ0) is 12.4. The van der Waals surface area contributed by atoms with Crippen LogP contribution in [0, 0.1) is 5.92 Å². The Balaban J connectivity index is 1.79. The minimum Gasteiger partial charge on any atom is -0.360 e. The number of hydrogen-bond donors (Lipinski definition) is 2. The minimum absolute atomic E-state index is 0.265. The van der Waals surface area contributed by atoms with Crippen LogP contribution in [0.4, 0.5) is 0 Å². The van der Waals surface area contributed by atoms with Gasteiger partial charge in [0.1, 0.15) is 0 Å². The number of nitrogens with one attached hydrogen (secondary N) is 2. The zero-order valence-electron chi connectivity index (χ0n) is 10.4. The van der Waals surface area contributed by atoms with Crippen LogP contribution in [0.1, 0.15) is 29.6 Å². The van der Waals surface area contributed by atoms with Crippen molar-refractivity contribution in [2.24, 2.45) is 5.92 Å².